The Morgan fingerprint density at radius 3 is 2.71 bits per heavy atom. The summed E-state index contributed by atoms with van der Waals surface area (Å²) in [6.07, 6.45) is 7.22. The van der Waals surface area contributed by atoms with Crippen LogP contribution >= 0.6 is 0 Å². The van der Waals surface area contributed by atoms with Gasteiger partial charge in [0.05, 0.1) is 22.7 Å². The fraction of sp³-hybridized carbons (Fsp3) is 0.222. The summed E-state index contributed by atoms with van der Waals surface area (Å²) in [6.45, 7) is 5.16. The van der Waals surface area contributed by atoms with Crippen molar-refractivity contribution in [1.82, 2.24) is 24.6 Å². The van der Waals surface area contributed by atoms with Gasteiger partial charge in [-0.25, -0.2) is 9.50 Å². The Hall–Kier alpha value is -3.02. The molecule has 1 N–H and O–H groups in total. The SMILES string of the molecule is CC(C)CNc1ncc2c(-c3ccc4nccnc4c3)ccn2n1. The van der Waals surface area contributed by atoms with E-state index in [0.29, 0.717) is 11.9 Å². The van der Waals surface area contributed by atoms with Gasteiger partial charge in [-0.1, -0.05) is 19.9 Å². The minimum atomic E-state index is 0.545. The lowest BCUT2D eigenvalue weighted by molar-refractivity contribution is 0.681. The predicted octanol–water partition coefficient (Wildman–Crippen LogP) is 3.41. The number of rotatable bonds is 4. The van der Waals surface area contributed by atoms with E-state index in [4.69, 9.17) is 0 Å². The molecule has 120 valence electrons. The Morgan fingerprint density at radius 1 is 1.04 bits per heavy atom. The maximum absolute atomic E-state index is 4.52. The zero-order valence-electron chi connectivity index (χ0n) is 13.6. The first kappa shape index (κ1) is 14.6. The highest BCUT2D eigenvalue weighted by Crippen LogP contribution is 2.27. The van der Waals surface area contributed by atoms with Crippen molar-refractivity contribution in [1.29, 1.82) is 0 Å². The number of hydrogen-bond acceptors (Lipinski definition) is 5. The quantitative estimate of drug-likeness (QED) is 0.624. The normalized spacial score (nSPS) is 11.5. The lowest BCUT2D eigenvalue weighted by Crippen LogP contribution is -2.11. The Morgan fingerprint density at radius 2 is 1.88 bits per heavy atom. The molecular formula is C18H18N6. The molecule has 3 aromatic heterocycles. The van der Waals surface area contributed by atoms with Crippen LogP contribution in [0.25, 0.3) is 27.7 Å². The van der Waals surface area contributed by atoms with Crippen LogP contribution in [0.1, 0.15) is 13.8 Å². The summed E-state index contributed by atoms with van der Waals surface area (Å²) >= 11 is 0. The molecule has 24 heavy (non-hydrogen) atoms. The molecule has 0 saturated heterocycles. The van der Waals surface area contributed by atoms with Crippen LogP contribution in [-0.4, -0.2) is 31.1 Å². The molecule has 4 rings (SSSR count). The summed E-state index contributed by atoms with van der Waals surface area (Å²) in [5.74, 6) is 1.19. The second-order valence-corrected chi connectivity index (χ2v) is 6.18. The van der Waals surface area contributed by atoms with E-state index in [0.717, 1.165) is 34.2 Å². The lowest BCUT2D eigenvalue weighted by atomic mass is 10.1. The Labute approximate surface area is 139 Å². The molecule has 0 aliphatic carbocycles. The third kappa shape index (κ3) is 2.67. The van der Waals surface area contributed by atoms with Crippen LogP contribution in [0.15, 0.2) is 49.1 Å². The lowest BCUT2D eigenvalue weighted by Gasteiger charge is -2.07. The van der Waals surface area contributed by atoms with Crippen LogP contribution in [0.5, 0.6) is 0 Å². The van der Waals surface area contributed by atoms with Crippen LogP contribution in [0, 0.1) is 5.92 Å². The molecule has 0 radical (unpaired) electrons. The van der Waals surface area contributed by atoms with Gasteiger partial charge in [-0.2, -0.15) is 0 Å². The second kappa shape index (κ2) is 5.88. The summed E-state index contributed by atoms with van der Waals surface area (Å²) in [7, 11) is 0. The van der Waals surface area contributed by atoms with Gasteiger partial charge in [0.15, 0.2) is 0 Å². The molecule has 0 atom stereocenters. The summed E-state index contributed by atoms with van der Waals surface area (Å²) in [6, 6.07) is 8.13. The van der Waals surface area contributed by atoms with E-state index in [1.165, 1.54) is 0 Å². The molecule has 0 aliphatic heterocycles. The van der Waals surface area contributed by atoms with Gasteiger partial charge in [0.25, 0.3) is 0 Å². The van der Waals surface area contributed by atoms with Crippen LogP contribution < -0.4 is 5.32 Å². The summed E-state index contributed by atoms with van der Waals surface area (Å²) in [5, 5.41) is 7.77. The third-order valence-electron chi connectivity index (χ3n) is 3.87. The second-order valence-electron chi connectivity index (χ2n) is 6.18. The molecule has 0 unspecified atom stereocenters. The zero-order valence-corrected chi connectivity index (χ0v) is 13.6. The highest BCUT2D eigenvalue weighted by Gasteiger charge is 2.09. The number of anilines is 1. The van der Waals surface area contributed by atoms with Gasteiger partial charge in [0, 0.05) is 30.7 Å². The van der Waals surface area contributed by atoms with Gasteiger partial charge < -0.3 is 5.32 Å². The summed E-state index contributed by atoms with van der Waals surface area (Å²) in [4.78, 5) is 13.1. The minimum absolute atomic E-state index is 0.545. The molecule has 1 aromatic carbocycles. The number of nitrogens with one attached hydrogen (secondary N) is 1. The number of nitrogens with zero attached hydrogens (tertiary/aromatic N) is 5. The monoisotopic (exact) mass is 318 g/mol. The molecule has 3 heterocycles. The van der Waals surface area contributed by atoms with Gasteiger partial charge in [0.2, 0.25) is 5.95 Å². The van der Waals surface area contributed by atoms with Gasteiger partial charge in [-0.15, -0.1) is 5.10 Å². The molecule has 4 aromatic rings. The van der Waals surface area contributed by atoms with Crippen molar-refractivity contribution in [2.75, 3.05) is 11.9 Å². The first-order valence-corrected chi connectivity index (χ1v) is 8.00. The predicted molar refractivity (Wildman–Crippen MR) is 94.8 cm³/mol. The summed E-state index contributed by atoms with van der Waals surface area (Å²) < 4.78 is 1.85. The van der Waals surface area contributed by atoms with Gasteiger partial charge in [0.1, 0.15) is 0 Å². The average molecular weight is 318 g/mol. The van der Waals surface area contributed by atoms with Gasteiger partial charge >= 0.3 is 0 Å². The van der Waals surface area contributed by atoms with E-state index >= 15 is 0 Å². The highest BCUT2D eigenvalue weighted by molar-refractivity contribution is 5.86. The average Bonchev–Trinajstić information content (AvgIpc) is 3.02. The molecule has 0 bridgehead atoms. The molecule has 0 amide bonds. The van der Waals surface area contributed by atoms with E-state index in [1.807, 2.05) is 35.1 Å². The standard InChI is InChI=1S/C18H18N6/c1-12(2)10-21-18-22-11-17-14(5-8-24(17)23-18)13-3-4-15-16(9-13)20-7-6-19-15/h3-9,11-12H,10H2,1-2H3,(H,21,23). The number of aromatic nitrogens is 5. The van der Waals surface area contributed by atoms with Crippen LogP contribution in [0.3, 0.4) is 0 Å². The zero-order chi connectivity index (χ0) is 16.5. The van der Waals surface area contributed by atoms with Crippen LogP contribution in [0.4, 0.5) is 5.95 Å². The molecule has 0 spiro atoms. The van der Waals surface area contributed by atoms with Crippen LogP contribution in [0.2, 0.25) is 0 Å². The van der Waals surface area contributed by atoms with Crippen molar-refractivity contribution < 1.29 is 0 Å². The van der Waals surface area contributed by atoms with E-state index in [2.05, 4.69) is 45.3 Å². The molecule has 0 aliphatic rings. The van der Waals surface area contributed by atoms with Crippen molar-refractivity contribution in [2.45, 2.75) is 13.8 Å². The van der Waals surface area contributed by atoms with Crippen molar-refractivity contribution in [3.05, 3.63) is 49.1 Å². The summed E-state index contributed by atoms with van der Waals surface area (Å²) in [5.41, 5.74) is 4.90. The van der Waals surface area contributed by atoms with E-state index < -0.39 is 0 Å². The molecule has 0 saturated carbocycles. The number of hydrogen-bond donors (Lipinski definition) is 1. The minimum Gasteiger partial charge on any atom is -0.353 e. The van der Waals surface area contributed by atoms with Crippen molar-refractivity contribution >= 4 is 22.5 Å². The number of fused-ring (bicyclic) bond motifs is 2. The van der Waals surface area contributed by atoms with Crippen molar-refractivity contribution in [3.8, 4) is 11.1 Å². The van der Waals surface area contributed by atoms with E-state index in [1.54, 1.807) is 12.4 Å². The van der Waals surface area contributed by atoms with Crippen LogP contribution in [-0.2, 0) is 0 Å². The molecular weight excluding hydrogens is 300 g/mol. The van der Waals surface area contributed by atoms with Gasteiger partial charge in [-0.05, 0) is 29.7 Å². The fourth-order valence-corrected chi connectivity index (χ4v) is 2.65. The Kier molecular flexibility index (Phi) is 3.57. The molecule has 6 nitrogen and oxygen atoms in total. The smallest absolute Gasteiger partial charge is 0.241 e. The van der Waals surface area contributed by atoms with E-state index in [-0.39, 0.29) is 0 Å². The maximum Gasteiger partial charge on any atom is 0.241 e. The third-order valence-corrected chi connectivity index (χ3v) is 3.87. The Bertz CT molecular complexity index is 1000. The van der Waals surface area contributed by atoms with Crippen molar-refractivity contribution in [3.63, 3.8) is 0 Å². The molecule has 6 heteroatoms. The highest BCUT2D eigenvalue weighted by atomic mass is 15.3. The first-order valence-electron chi connectivity index (χ1n) is 8.00. The topological polar surface area (TPSA) is 68.0 Å². The van der Waals surface area contributed by atoms with E-state index in [9.17, 15) is 0 Å². The molecule has 0 fully saturated rings. The Balaban J connectivity index is 1.73. The maximum atomic E-state index is 4.52. The van der Waals surface area contributed by atoms with Gasteiger partial charge in [-0.3, -0.25) is 9.97 Å². The van der Waals surface area contributed by atoms with Crippen molar-refractivity contribution in [2.24, 2.45) is 5.92 Å². The number of benzene rings is 1. The largest absolute Gasteiger partial charge is 0.353 e. The first-order chi connectivity index (χ1) is 11.7. The fourth-order valence-electron chi connectivity index (χ4n) is 2.65.